The lowest BCUT2D eigenvalue weighted by atomic mass is 9.92. The van der Waals surface area contributed by atoms with Crippen molar-refractivity contribution in [2.75, 3.05) is 4.90 Å². The van der Waals surface area contributed by atoms with Crippen LogP contribution in [0.1, 0.15) is 56.4 Å². The molecule has 2 amide bonds. The van der Waals surface area contributed by atoms with Crippen molar-refractivity contribution in [2.24, 2.45) is 0 Å². The molecule has 5 heteroatoms. The molecule has 1 aliphatic carbocycles. The summed E-state index contributed by atoms with van der Waals surface area (Å²) in [6, 6.07) is 14.8. The van der Waals surface area contributed by atoms with Crippen LogP contribution in [0.25, 0.3) is 0 Å². The maximum Gasteiger partial charge on any atom is 0.277 e. The van der Waals surface area contributed by atoms with Crippen LogP contribution < -0.4 is 10.2 Å². The molecule has 1 fully saturated rings. The molecule has 142 valence electrons. The largest absolute Gasteiger partial charge is 0.351 e. The van der Waals surface area contributed by atoms with Crippen LogP contribution in [0.15, 0.2) is 54.7 Å². The minimum absolute atomic E-state index is 0.106. The van der Waals surface area contributed by atoms with Gasteiger partial charge >= 0.3 is 0 Å². The van der Waals surface area contributed by atoms with E-state index in [-0.39, 0.29) is 17.9 Å². The minimum atomic E-state index is -1.00. The van der Waals surface area contributed by atoms with Gasteiger partial charge in [-0.1, -0.05) is 44.0 Å². The average Bonchev–Trinajstić information content (AvgIpc) is 3.22. The summed E-state index contributed by atoms with van der Waals surface area (Å²) >= 11 is 0. The van der Waals surface area contributed by atoms with E-state index >= 15 is 0 Å². The van der Waals surface area contributed by atoms with E-state index in [1.807, 2.05) is 44.2 Å². The fraction of sp³-hybridized carbons (Fsp3) is 0.409. The maximum atomic E-state index is 13.4. The third-order valence-electron chi connectivity index (χ3n) is 5.46. The summed E-state index contributed by atoms with van der Waals surface area (Å²) in [5.41, 5.74) is 0.0206. The zero-order valence-corrected chi connectivity index (χ0v) is 16.0. The molecule has 0 radical (unpaired) electrons. The van der Waals surface area contributed by atoms with E-state index in [2.05, 4.69) is 10.3 Å². The van der Waals surface area contributed by atoms with Gasteiger partial charge in [0.25, 0.3) is 5.91 Å². The predicted molar refractivity (Wildman–Crippen MR) is 107 cm³/mol. The zero-order chi connectivity index (χ0) is 19.3. The standard InChI is InChI=1S/C22H27N3O2/c1-3-22(2,21(27)24-17-11-7-8-12-17)25(18-13-5-4-6-14-18)20(26)19-15-9-10-16-23-19/h4-6,9-10,13-17H,3,7-8,11-12H2,1-2H3,(H,24,27)/t22-/m0/s1. The fourth-order valence-electron chi connectivity index (χ4n) is 3.64. The van der Waals surface area contributed by atoms with Crippen LogP contribution >= 0.6 is 0 Å². The summed E-state index contributed by atoms with van der Waals surface area (Å²) in [6.07, 6.45) is 6.39. The zero-order valence-electron chi connectivity index (χ0n) is 16.0. The van der Waals surface area contributed by atoms with E-state index in [0.29, 0.717) is 17.8 Å². The number of anilines is 1. The number of nitrogens with one attached hydrogen (secondary N) is 1. The maximum absolute atomic E-state index is 13.4. The lowest BCUT2D eigenvalue weighted by molar-refractivity contribution is -0.126. The fourth-order valence-corrected chi connectivity index (χ4v) is 3.64. The van der Waals surface area contributed by atoms with Gasteiger partial charge in [0.2, 0.25) is 5.91 Å². The molecule has 27 heavy (non-hydrogen) atoms. The highest BCUT2D eigenvalue weighted by Crippen LogP contribution is 2.30. The number of pyridine rings is 1. The highest BCUT2D eigenvalue weighted by Gasteiger charge is 2.43. The van der Waals surface area contributed by atoms with Crippen molar-refractivity contribution < 1.29 is 9.59 Å². The smallest absolute Gasteiger partial charge is 0.277 e. The van der Waals surface area contributed by atoms with E-state index in [1.165, 1.54) is 0 Å². The second kappa shape index (κ2) is 8.33. The van der Waals surface area contributed by atoms with Crippen LogP contribution in [0.4, 0.5) is 5.69 Å². The summed E-state index contributed by atoms with van der Waals surface area (Å²) in [5, 5.41) is 3.17. The van der Waals surface area contributed by atoms with Crippen molar-refractivity contribution in [3.8, 4) is 0 Å². The van der Waals surface area contributed by atoms with E-state index in [1.54, 1.807) is 29.3 Å². The van der Waals surface area contributed by atoms with E-state index in [4.69, 9.17) is 0 Å². The third kappa shape index (κ3) is 4.02. The number of aromatic nitrogens is 1. The first-order chi connectivity index (χ1) is 13.1. The van der Waals surface area contributed by atoms with Gasteiger partial charge in [0.1, 0.15) is 11.2 Å². The summed E-state index contributed by atoms with van der Waals surface area (Å²) in [6.45, 7) is 3.78. The SMILES string of the molecule is CC[C@@](C)(C(=O)NC1CCCC1)N(C(=O)c1ccccn1)c1ccccc1. The van der Waals surface area contributed by atoms with Crippen molar-refractivity contribution in [3.63, 3.8) is 0 Å². The summed E-state index contributed by atoms with van der Waals surface area (Å²) in [4.78, 5) is 32.5. The molecule has 0 saturated heterocycles. The highest BCUT2D eigenvalue weighted by atomic mass is 16.2. The van der Waals surface area contributed by atoms with Gasteiger partial charge in [0.15, 0.2) is 0 Å². The Kier molecular flexibility index (Phi) is 5.89. The van der Waals surface area contributed by atoms with Crippen LogP contribution in [0.3, 0.4) is 0 Å². The van der Waals surface area contributed by atoms with Crippen molar-refractivity contribution in [1.82, 2.24) is 10.3 Å². The minimum Gasteiger partial charge on any atom is -0.351 e. The lowest BCUT2D eigenvalue weighted by Crippen LogP contribution is -2.60. The van der Waals surface area contributed by atoms with Crippen molar-refractivity contribution in [1.29, 1.82) is 0 Å². The van der Waals surface area contributed by atoms with Gasteiger partial charge in [-0.15, -0.1) is 0 Å². The monoisotopic (exact) mass is 365 g/mol. The molecule has 0 aliphatic heterocycles. The molecule has 1 aromatic heterocycles. The molecule has 1 atom stereocenters. The van der Waals surface area contributed by atoms with Gasteiger partial charge < -0.3 is 5.32 Å². The predicted octanol–water partition coefficient (Wildman–Crippen LogP) is 3.96. The number of amides is 2. The number of nitrogens with zero attached hydrogens (tertiary/aromatic N) is 2. The summed E-state index contributed by atoms with van der Waals surface area (Å²) < 4.78 is 0. The van der Waals surface area contributed by atoms with Crippen molar-refractivity contribution in [2.45, 2.75) is 57.5 Å². The molecule has 0 unspecified atom stereocenters. The molecular formula is C22H27N3O2. The van der Waals surface area contributed by atoms with Gasteiger partial charge in [0, 0.05) is 17.9 Å². The summed E-state index contributed by atoms with van der Waals surface area (Å²) in [7, 11) is 0. The molecule has 1 aliphatic rings. The van der Waals surface area contributed by atoms with Gasteiger partial charge in [-0.2, -0.15) is 0 Å². The number of rotatable bonds is 6. The van der Waals surface area contributed by atoms with Crippen molar-refractivity contribution in [3.05, 3.63) is 60.4 Å². The second-order valence-corrected chi connectivity index (χ2v) is 7.27. The van der Waals surface area contributed by atoms with Crippen LogP contribution in [-0.2, 0) is 4.79 Å². The summed E-state index contributed by atoms with van der Waals surface area (Å²) in [5.74, 6) is -0.377. The Bertz CT molecular complexity index is 773. The van der Waals surface area contributed by atoms with Gasteiger partial charge in [-0.3, -0.25) is 19.5 Å². The van der Waals surface area contributed by atoms with Crippen LogP contribution in [0, 0.1) is 0 Å². The molecule has 1 heterocycles. The Balaban J connectivity index is 1.99. The number of hydrogen-bond donors (Lipinski definition) is 1. The van der Waals surface area contributed by atoms with Crippen LogP contribution in [-0.4, -0.2) is 28.4 Å². The van der Waals surface area contributed by atoms with E-state index in [0.717, 1.165) is 25.7 Å². The molecule has 1 saturated carbocycles. The molecule has 0 bridgehead atoms. The Morgan fingerprint density at radius 3 is 2.37 bits per heavy atom. The molecule has 1 N–H and O–H groups in total. The van der Waals surface area contributed by atoms with Gasteiger partial charge in [0.05, 0.1) is 0 Å². The molecule has 2 aromatic rings. The molecule has 1 aromatic carbocycles. The Hall–Kier alpha value is -2.69. The Labute approximate surface area is 160 Å². The van der Waals surface area contributed by atoms with E-state index in [9.17, 15) is 9.59 Å². The first kappa shape index (κ1) is 19.1. The number of para-hydroxylation sites is 1. The first-order valence-electron chi connectivity index (χ1n) is 9.68. The van der Waals surface area contributed by atoms with E-state index < -0.39 is 5.54 Å². The number of benzene rings is 1. The van der Waals surface area contributed by atoms with Gasteiger partial charge in [-0.05, 0) is 50.5 Å². The first-order valence-corrected chi connectivity index (χ1v) is 9.68. The number of carbonyl (C=O) groups excluding carboxylic acids is 2. The molecular weight excluding hydrogens is 338 g/mol. The topological polar surface area (TPSA) is 62.3 Å². The quantitative estimate of drug-likeness (QED) is 0.843. The number of carbonyl (C=O) groups is 2. The lowest BCUT2D eigenvalue weighted by Gasteiger charge is -2.40. The third-order valence-corrected chi connectivity index (χ3v) is 5.46. The Morgan fingerprint density at radius 2 is 1.78 bits per heavy atom. The van der Waals surface area contributed by atoms with Gasteiger partial charge in [-0.25, -0.2) is 0 Å². The van der Waals surface area contributed by atoms with Crippen LogP contribution in [0.5, 0.6) is 0 Å². The second-order valence-electron chi connectivity index (χ2n) is 7.27. The molecule has 3 rings (SSSR count). The number of hydrogen-bond acceptors (Lipinski definition) is 3. The highest BCUT2D eigenvalue weighted by molar-refractivity contribution is 6.10. The van der Waals surface area contributed by atoms with Crippen LogP contribution in [0.2, 0.25) is 0 Å². The molecule has 0 spiro atoms. The van der Waals surface area contributed by atoms with Crippen molar-refractivity contribution >= 4 is 17.5 Å². The Morgan fingerprint density at radius 1 is 1.11 bits per heavy atom. The average molecular weight is 365 g/mol. The normalized spacial score (nSPS) is 16.5. The molecule has 5 nitrogen and oxygen atoms in total.